The number of halogens is 1. The lowest BCUT2D eigenvalue weighted by Gasteiger charge is -2.11. The van der Waals surface area contributed by atoms with Crippen LogP contribution >= 0.6 is 23.4 Å². The first kappa shape index (κ1) is 14.2. The van der Waals surface area contributed by atoms with Crippen molar-refractivity contribution in [1.29, 1.82) is 0 Å². The number of nitrogens with two attached hydrogens (primary N) is 1. The molecule has 6 nitrogen and oxygen atoms in total. The molecule has 0 atom stereocenters. The van der Waals surface area contributed by atoms with Crippen LogP contribution in [0.2, 0.25) is 5.15 Å². The smallest absolute Gasteiger partial charge is 0.222 e. The molecule has 0 unspecified atom stereocenters. The van der Waals surface area contributed by atoms with E-state index in [0.717, 1.165) is 16.4 Å². The topological polar surface area (TPSA) is 74.6 Å². The van der Waals surface area contributed by atoms with E-state index < -0.39 is 0 Å². The summed E-state index contributed by atoms with van der Waals surface area (Å²) in [6.07, 6.45) is 0. The molecule has 0 saturated heterocycles. The lowest BCUT2D eigenvalue weighted by Crippen LogP contribution is -2.07. The molecule has 0 spiro atoms. The average Bonchev–Trinajstić information content (AvgIpc) is 2.80. The van der Waals surface area contributed by atoms with Gasteiger partial charge in [-0.25, -0.2) is 0 Å². The van der Waals surface area contributed by atoms with Gasteiger partial charge in [0.05, 0.1) is 5.69 Å². The first-order chi connectivity index (χ1) is 8.91. The highest BCUT2D eigenvalue weighted by molar-refractivity contribution is 7.98. The van der Waals surface area contributed by atoms with E-state index in [1.165, 1.54) is 0 Å². The zero-order valence-electron chi connectivity index (χ0n) is 11.4. The molecule has 2 N–H and O–H groups in total. The van der Waals surface area contributed by atoms with Gasteiger partial charge in [-0.15, -0.1) is 10.2 Å². The third-order valence-corrected chi connectivity index (χ3v) is 4.27. The Labute approximate surface area is 121 Å². The maximum atomic E-state index is 6.21. The molecular formula is C11H17ClN6S. The molecule has 2 aromatic rings. The summed E-state index contributed by atoms with van der Waals surface area (Å²) in [5.41, 5.74) is 7.76. The fraction of sp³-hybridized carbons (Fsp3) is 0.545. The summed E-state index contributed by atoms with van der Waals surface area (Å²) >= 11 is 7.77. The average molecular weight is 301 g/mol. The van der Waals surface area contributed by atoms with Crippen molar-refractivity contribution in [3.63, 3.8) is 0 Å². The lowest BCUT2D eigenvalue weighted by molar-refractivity contribution is 0.557. The second kappa shape index (κ2) is 5.42. The van der Waals surface area contributed by atoms with Gasteiger partial charge in [-0.1, -0.05) is 23.4 Å². The van der Waals surface area contributed by atoms with E-state index in [1.807, 2.05) is 32.4 Å². The highest BCUT2D eigenvalue weighted by Crippen LogP contribution is 2.29. The number of hydrogen-bond acceptors (Lipinski definition) is 5. The van der Waals surface area contributed by atoms with Crippen LogP contribution in [0.4, 0.5) is 5.95 Å². The first-order valence-electron chi connectivity index (χ1n) is 5.93. The first-order valence-corrected chi connectivity index (χ1v) is 7.29. The summed E-state index contributed by atoms with van der Waals surface area (Å²) in [7, 11) is 1.83. The van der Waals surface area contributed by atoms with Crippen molar-refractivity contribution in [3.05, 3.63) is 16.4 Å². The van der Waals surface area contributed by atoms with E-state index in [2.05, 4.69) is 15.3 Å². The molecule has 8 heteroatoms. The molecule has 0 bridgehead atoms. The molecule has 2 aromatic heterocycles. The number of nitrogens with zero attached hydrogens (tertiary/aromatic N) is 5. The van der Waals surface area contributed by atoms with Crippen LogP contribution in [0.25, 0.3) is 0 Å². The van der Waals surface area contributed by atoms with Gasteiger partial charge in [0.2, 0.25) is 5.95 Å². The van der Waals surface area contributed by atoms with Crippen LogP contribution in [0, 0.1) is 6.92 Å². The summed E-state index contributed by atoms with van der Waals surface area (Å²) in [6, 6.07) is 0.225. The summed E-state index contributed by atoms with van der Waals surface area (Å²) in [5.74, 6) is 1.13. The Kier molecular flexibility index (Phi) is 4.05. The largest absolute Gasteiger partial charge is 0.368 e. The quantitative estimate of drug-likeness (QED) is 0.878. The van der Waals surface area contributed by atoms with Gasteiger partial charge in [-0.2, -0.15) is 5.10 Å². The molecular weight excluding hydrogens is 284 g/mol. The SMILES string of the molecule is Cc1nn(C)c(Cl)c1CSc1nnc(N)n1C(C)C. The molecule has 0 radical (unpaired) electrons. The number of thioether (sulfide) groups is 1. The fourth-order valence-corrected chi connectivity index (χ4v) is 3.33. The van der Waals surface area contributed by atoms with E-state index in [-0.39, 0.29) is 6.04 Å². The number of rotatable bonds is 4. The highest BCUT2D eigenvalue weighted by atomic mass is 35.5. The number of aromatic nitrogens is 5. The molecule has 0 aliphatic heterocycles. The van der Waals surface area contributed by atoms with Gasteiger partial charge in [0.25, 0.3) is 0 Å². The lowest BCUT2D eigenvalue weighted by atomic mass is 10.3. The molecule has 0 aromatic carbocycles. The zero-order chi connectivity index (χ0) is 14.2. The van der Waals surface area contributed by atoms with Crippen molar-refractivity contribution < 1.29 is 0 Å². The van der Waals surface area contributed by atoms with Gasteiger partial charge in [-0.3, -0.25) is 9.25 Å². The van der Waals surface area contributed by atoms with Crippen LogP contribution < -0.4 is 5.73 Å². The fourth-order valence-electron chi connectivity index (χ4n) is 1.85. The summed E-state index contributed by atoms with van der Waals surface area (Å²) in [5, 5.41) is 13.8. The van der Waals surface area contributed by atoms with Gasteiger partial charge in [0.1, 0.15) is 5.15 Å². The van der Waals surface area contributed by atoms with Crippen LogP contribution in [0.15, 0.2) is 5.16 Å². The third kappa shape index (κ3) is 2.71. The van der Waals surface area contributed by atoms with Crippen molar-refractivity contribution in [2.24, 2.45) is 7.05 Å². The molecule has 0 aliphatic rings. The van der Waals surface area contributed by atoms with Gasteiger partial charge >= 0.3 is 0 Å². The molecule has 2 rings (SSSR count). The molecule has 0 aliphatic carbocycles. The highest BCUT2D eigenvalue weighted by Gasteiger charge is 2.16. The molecule has 19 heavy (non-hydrogen) atoms. The van der Waals surface area contributed by atoms with Crippen LogP contribution in [0.1, 0.15) is 31.1 Å². The van der Waals surface area contributed by atoms with E-state index in [9.17, 15) is 0 Å². The van der Waals surface area contributed by atoms with Crippen molar-refractivity contribution in [2.45, 2.75) is 37.7 Å². The molecule has 0 amide bonds. The van der Waals surface area contributed by atoms with E-state index in [1.54, 1.807) is 16.4 Å². The Morgan fingerprint density at radius 3 is 2.58 bits per heavy atom. The van der Waals surface area contributed by atoms with Crippen molar-refractivity contribution in [3.8, 4) is 0 Å². The minimum atomic E-state index is 0.225. The van der Waals surface area contributed by atoms with Gasteiger partial charge < -0.3 is 5.73 Å². The Balaban J connectivity index is 2.19. The Morgan fingerprint density at radius 1 is 1.37 bits per heavy atom. The van der Waals surface area contributed by atoms with Crippen LogP contribution in [0.3, 0.4) is 0 Å². The number of hydrogen-bond donors (Lipinski definition) is 1. The molecule has 104 valence electrons. The predicted octanol–water partition coefficient (Wildman–Crippen LogP) is 2.43. The van der Waals surface area contributed by atoms with Gasteiger partial charge in [0.15, 0.2) is 5.16 Å². The van der Waals surface area contributed by atoms with Crippen LogP contribution in [-0.2, 0) is 12.8 Å². The predicted molar refractivity (Wildman–Crippen MR) is 77.3 cm³/mol. The molecule has 2 heterocycles. The maximum Gasteiger partial charge on any atom is 0.222 e. The summed E-state index contributed by atoms with van der Waals surface area (Å²) < 4.78 is 3.58. The van der Waals surface area contributed by atoms with E-state index >= 15 is 0 Å². The van der Waals surface area contributed by atoms with E-state index in [4.69, 9.17) is 17.3 Å². The standard InChI is InChI=1S/C11H17ClN6S/c1-6(2)18-10(13)14-15-11(18)19-5-8-7(3)16-17(4)9(8)12/h6H,5H2,1-4H3,(H2,13,14). The van der Waals surface area contributed by atoms with Crippen LogP contribution in [0.5, 0.6) is 0 Å². The van der Waals surface area contributed by atoms with Crippen molar-refractivity contribution >= 4 is 29.3 Å². The van der Waals surface area contributed by atoms with Crippen molar-refractivity contribution in [2.75, 3.05) is 5.73 Å². The minimum absolute atomic E-state index is 0.225. The number of anilines is 1. The second-order valence-electron chi connectivity index (χ2n) is 4.57. The van der Waals surface area contributed by atoms with Crippen LogP contribution in [-0.4, -0.2) is 24.5 Å². The zero-order valence-corrected chi connectivity index (χ0v) is 13.0. The van der Waals surface area contributed by atoms with Crippen molar-refractivity contribution in [1.82, 2.24) is 24.5 Å². The normalized spacial score (nSPS) is 11.5. The second-order valence-corrected chi connectivity index (χ2v) is 5.87. The minimum Gasteiger partial charge on any atom is -0.368 e. The Hall–Kier alpha value is -1.21. The molecule has 0 fully saturated rings. The summed E-state index contributed by atoms with van der Waals surface area (Å²) in [4.78, 5) is 0. The molecule has 0 saturated carbocycles. The van der Waals surface area contributed by atoms with E-state index in [0.29, 0.717) is 16.9 Å². The third-order valence-electron chi connectivity index (χ3n) is 2.82. The summed E-state index contributed by atoms with van der Waals surface area (Å²) in [6.45, 7) is 6.04. The van der Waals surface area contributed by atoms with Gasteiger partial charge in [-0.05, 0) is 20.8 Å². The van der Waals surface area contributed by atoms with Gasteiger partial charge in [0, 0.05) is 24.4 Å². The maximum absolute atomic E-state index is 6.21. The number of nitrogen functional groups attached to an aromatic ring is 1. The Morgan fingerprint density at radius 2 is 2.05 bits per heavy atom. The Bertz CT molecular complexity index is 588. The monoisotopic (exact) mass is 300 g/mol. The number of aryl methyl sites for hydroxylation is 2.